The van der Waals surface area contributed by atoms with E-state index < -0.39 is 24.1 Å². The number of urea groups is 1. The number of nitrogens with zero attached hydrogens (tertiary/aromatic N) is 2. The molecule has 4 atom stereocenters. The Kier molecular flexibility index (Phi) is 8.13. The van der Waals surface area contributed by atoms with Crippen LogP contribution in [0.3, 0.4) is 0 Å². The average Bonchev–Trinajstić information content (AvgIpc) is 2.75. The molecule has 0 aromatic carbocycles. The number of carboxylic acid groups (broad SMARTS) is 1. The maximum absolute atomic E-state index is 12.9. The number of thiol groups is 1. The fourth-order valence-corrected chi connectivity index (χ4v) is 6.15. The molecule has 3 rings (SSSR count). The predicted octanol–water partition coefficient (Wildman–Crippen LogP) is 3.23. The summed E-state index contributed by atoms with van der Waals surface area (Å²) in [6.45, 7) is 1.00. The minimum Gasteiger partial charge on any atom is -0.465 e. The van der Waals surface area contributed by atoms with Crippen molar-refractivity contribution in [1.29, 1.82) is 0 Å². The topological polar surface area (TPSA) is 116 Å². The molecule has 170 valence electrons. The van der Waals surface area contributed by atoms with Gasteiger partial charge in [0.25, 0.3) is 0 Å². The van der Waals surface area contributed by atoms with Crippen molar-refractivity contribution >= 4 is 30.8 Å². The molecular formula is C21H36N4O4S. The largest absolute Gasteiger partial charge is 0.465 e. The molecule has 9 heteroatoms. The highest BCUT2D eigenvalue weighted by Crippen LogP contribution is 2.42. The number of piperidine rings is 1. The van der Waals surface area contributed by atoms with Crippen LogP contribution in [-0.4, -0.2) is 57.5 Å². The van der Waals surface area contributed by atoms with Gasteiger partial charge < -0.3 is 21.1 Å². The van der Waals surface area contributed by atoms with Crippen LogP contribution in [0.1, 0.15) is 70.6 Å². The molecule has 0 spiro atoms. The van der Waals surface area contributed by atoms with Crippen LogP contribution >= 0.6 is 12.8 Å². The first-order valence-corrected chi connectivity index (χ1v) is 11.8. The summed E-state index contributed by atoms with van der Waals surface area (Å²) in [5.74, 6) is 0.449. The van der Waals surface area contributed by atoms with Crippen molar-refractivity contribution in [3.05, 3.63) is 0 Å². The number of nitrogens with one attached hydrogen (secondary N) is 1. The molecule has 4 N–H and O–H groups in total. The zero-order valence-electron chi connectivity index (χ0n) is 17.7. The number of hydrogen-bond donors (Lipinski definition) is 4. The van der Waals surface area contributed by atoms with Crippen LogP contribution in [0, 0.1) is 17.8 Å². The Balaban J connectivity index is 1.76. The molecule has 3 fully saturated rings. The molecule has 0 radical (unpaired) electrons. The predicted molar refractivity (Wildman–Crippen MR) is 117 cm³/mol. The Morgan fingerprint density at radius 1 is 1.07 bits per heavy atom. The fourth-order valence-electron chi connectivity index (χ4n) is 5.86. The molecule has 1 heterocycles. The lowest BCUT2D eigenvalue weighted by atomic mass is 9.68. The Morgan fingerprint density at radius 2 is 1.73 bits per heavy atom. The molecule has 1 saturated heterocycles. The van der Waals surface area contributed by atoms with Gasteiger partial charge in [0, 0.05) is 19.5 Å². The second-order valence-corrected chi connectivity index (χ2v) is 9.67. The normalized spacial score (nSPS) is 28.3. The van der Waals surface area contributed by atoms with E-state index in [1.807, 2.05) is 0 Å². The standard InChI is InChI=1S/C21H36N4O4S/c22-18(26)12-17(25(30)20(27)23-13-14-6-2-1-3-7-14)19-16-9-5-4-8-15(16)10-11-24(19)21(28)29/h14-17,19,30H,1-13H2,(H2,22,26)(H,23,27)(H,28,29). The van der Waals surface area contributed by atoms with Crippen molar-refractivity contribution in [2.24, 2.45) is 23.5 Å². The molecule has 2 aliphatic carbocycles. The van der Waals surface area contributed by atoms with E-state index in [9.17, 15) is 19.5 Å². The third-order valence-corrected chi connectivity index (χ3v) is 7.82. The van der Waals surface area contributed by atoms with Gasteiger partial charge in [-0.25, -0.2) is 9.59 Å². The highest BCUT2D eigenvalue weighted by molar-refractivity contribution is 7.78. The summed E-state index contributed by atoms with van der Waals surface area (Å²) in [6.07, 6.45) is 9.72. The molecule has 4 unspecified atom stereocenters. The van der Waals surface area contributed by atoms with Gasteiger partial charge in [-0.3, -0.25) is 9.10 Å². The van der Waals surface area contributed by atoms with Crippen LogP contribution in [0.25, 0.3) is 0 Å². The Hall–Kier alpha value is -1.64. The van der Waals surface area contributed by atoms with E-state index in [0.29, 0.717) is 24.9 Å². The number of hydrogen-bond acceptors (Lipinski definition) is 4. The number of carbonyl (C=O) groups excluding carboxylic acids is 2. The van der Waals surface area contributed by atoms with E-state index >= 15 is 0 Å². The molecule has 0 aromatic heterocycles. The van der Waals surface area contributed by atoms with E-state index in [-0.39, 0.29) is 18.4 Å². The molecule has 0 aromatic rings. The summed E-state index contributed by atoms with van der Waals surface area (Å²) >= 11 is 4.46. The first-order valence-electron chi connectivity index (χ1n) is 11.4. The molecule has 2 saturated carbocycles. The van der Waals surface area contributed by atoms with E-state index in [1.165, 1.54) is 28.5 Å². The number of amides is 4. The molecule has 1 aliphatic heterocycles. The number of carbonyl (C=O) groups is 3. The van der Waals surface area contributed by atoms with Crippen LogP contribution in [0.4, 0.5) is 9.59 Å². The first-order chi connectivity index (χ1) is 14.4. The summed E-state index contributed by atoms with van der Waals surface area (Å²) in [6, 6.07) is -1.52. The molecular weight excluding hydrogens is 404 g/mol. The number of nitrogens with two attached hydrogens (primary N) is 1. The van der Waals surface area contributed by atoms with Gasteiger partial charge in [0.05, 0.1) is 12.1 Å². The molecule has 8 nitrogen and oxygen atoms in total. The Bertz CT molecular complexity index is 628. The molecule has 0 bridgehead atoms. The number of primary amides is 1. The fraction of sp³-hybridized carbons (Fsp3) is 0.857. The first kappa shape index (κ1) is 23.0. The third kappa shape index (κ3) is 5.53. The molecule has 4 amide bonds. The Labute approximate surface area is 184 Å². The second kappa shape index (κ2) is 10.6. The maximum Gasteiger partial charge on any atom is 0.407 e. The lowest BCUT2D eigenvalue weighted by molar-refractivity contribution is -0.119. The van der Waals surface area contributed by atoms with Crippen molar-refractivity contribution in [3.8, 4) is 0 Å². The van der Waals surface area contributed by atoms with Gasteiger partial charge in [0.1, 0.15) is 0 Å². The summed E-state index contributed by atoms with van der Waals surface area (Å²) in [7, 11) is 0. The molecule has 3 aliphatic rings. The summed E-state index contributed by atoms with van der Waals surface area (Å²) < 4.78 is 1.24. The van der Waals surface area contributed by atoms with Crippen LogP contribution < -0.4 is 11.1 Å². The maximum atomic E-state index is 12.9. The number of rotatable bonds is 6. The van der Waals surface area contributed by atoms with Crippen LogP contribution in [0.5, 0.6) is 0 Å². The summed E-state index contributed by atoms with van der Waals surface area (Å²) in [4.78, 5) is 38.2. The van der Waals surface area contributed by atoms with E-state index in [2.05, 4.69) is 18.1 Å². The van der Waals surface area contributed by atoms with Crippen LogP contribution in [0.2, 0.25) is 0 Å². The van der Waals surface area contributed by atoms with E-state index in [1.54, 1.807) is 0 Å². The quantitative estimate of drug-likeness (QED) is 0.475. The van der Waals surface area contributed by atoms with E-state index in [0.717, 1.165) is 44.9 Å². The minimum absolute atomic E-state index is 0.0992. The van der Waals surface area contributed by atoms with Gasteiger partial charge in [0.2, 0.25) is 5.91 Å². The van der Waals surface area contributed by atoms with Crippen molar-refractivity contribution in [1.82, 2.24) is 14.5 Å². The Morgan fingerprint density at radius 3 is 2.40 bits per heavy atom. The van der Waals surface area contributed by atoms with Crippen LogP contribution in [-0.2, 0) is 4.79 Å². The van der Waals surface area contributed by atoms with Gasteiger partial charge in [-0.05, 0) is 43.4 Å². The number of fused-ring (bicyclic) bond motifs is 1. The van der Waals surface area contributed by atoms with Crippen molar-refractivity contribution in [3.63, 3.8) is 0 Å². The van der Waals surface area contributed by atoms with Gasteiger partial charge in [-0.2, -0.15) is 0 Å². The highest BCUT2D eigenvalue weighted by atomic mass is 32.1. The van der Waals surface area contributed by atoms with Gasteiger partial charge in [0.15, 0.2) is 0 Å². The second-order valence-electron chi connectivity index (χ2n) is 9.24. The van der Waals surface area contributed by atoms with Gasteiger partial charge >= 0.3 is 12.1 Å². The zero-order chi connectivity index (χ0) is 21.7. The minimum atomic E-state index is -1.01. The highest BCUT2D eigenvalue weighted by Gasteiger charge is 2.47. The third-order valence-electron chi connectivity index (χ3n) is 7.35. The van der Waals surface area contributed by atoms with Gasteiger partial charge in [-0.15, -0.1) is 0 Å². The monoisotopic (exact) mass is 440 g/mol. The van der Waals surface area contributed by atoms with Gasteiger partial charge in [-0.1, -0.05) is 51.3 Å². The van der Waals surface area contributed by atoms with E-state index in [4.69, 9.17) is 5.73 Å². The lowest BCUT2D eigenvalue weighted by Gasteiger charge is -2.50. The SMILES string of the molecule is NC(=O)CC(C1C2CCCCC2CCN1C(=O)O)N(S)C(=O)NCC1CCCCC1. The van der Waals surface area contributed by atoms with Crippen molar-refractivity contribution in [2.45, 2.75) is 82.7 Å². The van der Waals surface area contributed by atoms with Crippen LogP contribution in [0.15, 0.2) is 0 Å². The van der Waals surface area contributed by atoms with Crippen molar-refractivity contribution in [2.75, 3.05) is 13.1 Å². The van der Waals surface area contributed by atoms with Crippen molar-refractivity contribution < 1.29 is 19.5 Å². The summed E-state index contributed by atoms with van der Waals surface area (Å²) in [5, 5.41) is 12.8. The summed E-state index contributed by atoms with van der Waals surface area (Å²) in [5.41, 5.74) is 5.52. The lowest BCUT2D eigenvalue weighted by Crippen LogP contribution is -2.62. The smallest absolute Gasteiger partial charge is 0.407 e. The molecule has 30 heavy (non-hydrogen) atoms. The zero-order valence-corrected chi connectivity index (χ0v) is 18.6. The average molecular weight is 441 g/mol. The number of likely N-dealkylation sites (tertiary alicyclic amines) is 1.